The van der Waals surface area contributed by atoms with Crippen molar-refractivity contribution in [3.63, 3.8) is 0 Å². The molecular formula is C24H25N3O2S2. The number of aromatic nitrogens is 2. The third-order valence-corrected chi connectivity index (χ3v) is 7.21. The molecule has 1 fully saturated rings. The number of carbonyl (C=O) groups is 2. The zero-order chi connectivity index (χ0) is 21.5. The van der Waals surface area contributed by atoms with Crippen LogP contribution in [0.5, 0.6) is 0 Å². The van der Waals surface area contributed by atoms with Crippen LogP contribution in [0.3, 0.4) is 0 Å². The Morgan fingerprint density at radius 2 is 1.87 bits per heavy atom. The molecule has 2 amide bonds. The molecule has 0 N–H and O–H groups in total. The number of hydrogen-bond donors (Lipinski definition) is 0. The summed E-state index contributed by atoms with van der Waals surface area (Å²) >= 11 is 2.84. The molecule has 0 saturated carbocycles. The average Bonchev–Trinajstić information content (AvgIpc) is 3.37. The van der Waals surface area contributed by atoms with Crippen molar-refractivity contribution < 1.29 is 9.59 Å². The second-order valence-corrected chi connectivity index (χ2v) is 9.45. The zero-order valence-electron chi connectivity index (χ0n) is 17.3. The lowest BCUT2D eigenvalue weighted by atomic mass is 10.1. The molecule has 0 atom stereocenters. The second-order valence-electron chi connectivity index (χ2n) is 7.35. The topological polar surface area (TPSA) is 54.7 Å². The first kappa shape index (κ1) is 21.7. The van der Waals surface area contributed by atoms with Gasteiger partial charge in [0.2, 0.25) is 0 Å². The zero-order valence-corrected chi connectivity index (χ0v) is 18.9. The number of benzene rings is 1. The van der Waals surface area contributed by atoms with Gasteiger partial charge < -0.3 is 0 Å². The van der Waals surface area contributed by atoms with Crippen molar-refractivity contribution in [1.29, 1.82) is 0 Å². The lowest BCUT2D eigenvalue weighted by Crippen LogP contribution is -2.29. The number of imide groups is 1. The number of fused-ring (bicyclic) bond motifs is 1. The SMILES string of the molecule is O=C1S/C(=C/CCCc2ccccc2)C(=O)N1CCCCSc1cccc2nccn12. The molecule has 4 rings (SSSR count). The monoisotopic (exact) mass is 451 g/mol. The average molecular weight is 452 g/mol. The molecule has 3 aromatic rings. The normalized spacial score (nSPS) is 15.5. The van der Waals surface area contributed by atoms with Gasteiger partial charge in [0.25, 0.3) is 11.1 Å². The molecule has 0 bridgehead atoms. The van der Waals surface area contributed by atoms with Gasteiger partial charge in [0.05, 0.1) is 9.93 Å². The minimum absolute atomic E-state index is 0.134. The lowest BCUT2D eigenvalue weighted by Gasteiger charge is -2.12. The van der Waals surface area contributed by atoms with Gasteiger partial charge in [0.15, 0.2) is 0 Å². The Hall–Kier alpha value is -2.51. The van der Waals surface area contributed by atoms with Gasteiger partial charge in [0.1, 0.15) is 5.65 Å². The summed E-state index contributed by atoms with van der Waals surface area (Å²) in [5, 5.41) is 1.01. The maximum atomic E-state index is 12.6. The summed E-state index contributed by atoms with van der Waals surface area (Å²) in [4.78, 5) is 31.1. The molecule has 0 radical (unpaired) electrons. The summed E-state index contributed by atoms with van der Waals surface area (Å²) in [6.07, 6.45) is 10.2. The van der Waals surface area contributed by atoms with Gasteiger partial charge in [-0.1, -0.05) is 42.5 Å². The van der Waals surface area contributed by atoms with Crippen molar-refractivity contribution in [2.45, 2.75) is 37.1 Å². The highest BCUT2D eigenvalue weighted by atomic mass is 32.2. The van der Waals surface area contributed by atoms with E-state index in [1.807, 2.05) is 42.6 Å². The Kier molecular flexibility index (Phi) is 7.48. The van der Waals surface area contributed by atoms with Crippen molar-refractivity contribution in [1.82, 2.24) is 14.3 Å². The molecule has 1 saturated heterocycles. The number of nitrogens with zero attached hydrogens (tertiary/aromatic N) is 3. The van der Waals surface area contributed by atoms with E-state index in [0.717, 1.165) is 60.3 Å². The van der Waals surface area contributed by atoms with Crippen LogP contribution in [0.2, 0.25) is 0 Å². The van der Waals surface area contributed by atoms with Gasteiger partial charge in [-0.2, -0.15) is 0 Å². The second kappa shape index (κ2) is 10.7. The van der Waals surface area contributed by atoms with Crippen molar-refractivity contribution in [3.05, 3.63) is 77.5 Å². The van der Waals surface area contributed by atoms with Crippen LogP contribution in [0.4, 0.5) is 4.79 Å². The van der Waals surface area contributed by atoms with E-state index in [4.69, 9.17) is 0 Å². The standard InChI is InChI=1S/C24H25N3O2S2/c28-23-20(12-5-4-11-19-9-2-1-3-10-19)31-24(29)27(23)16-6-7-18-30-22-14-8-13-21-25-15-17-26(21)22/h1-3,8-10,12-15,17H,4-7,11,16,18H2/b20-12+. The molecule has 160 valence electrons. The molecular weight excluding hydrogens is 426 g/mol. The fourth-order valence-electron chi connectivity index (χ4n) is 3.50. The number of unbranched alkanes of at least 4 members (excludes halogenated alkanes) is 2. The molecule has 2 aromatic heterocycles. The van der Waals surface area contributed by atoms with Crippen LogP contribution < -0.4 is 0 Å². The number of hydrogen-bond acceptors (Lipinski definition) is 5. The van der Waals surface area contributed by atoms with E-state index >= 15 is 0 Å². The Labute approximate surface area is 190 Å². The number of amides is 2. The molecule has 1 aromatic carbocycles. The highest BCUT2D eigenvalue weighted by Crippen LogP contribution is 2.31. The maximum absolute atomic E-state index is 12.6. The number of thioether (sulfide) groups is 2. The number of imidazole rings is 1. The third kappa shape index (κ3) is 5.60. The first-order valence-corrected chi connectivity index (χ1v) is 12.4. The third-order valence-electron chi connectivity index (χ3n) is 5.13. The van der Waals surface area contributed by atoms with Gasteiger partial charge in [-0.25, -0.2) is 4.98 Å². The van der Waals surface area contributed by atoms with E-state index in [-0.39, 0.29) is 11.1 Å². The Morgan fingerprint density at radius 1 is 1.00 bits per heavy atom. The quantitative estimate of drug-likeness (QED) is 0.221. The molecule has 0 unspecified atom stereocenters. The van der Waals surface area contributed by atoms with Gasteiger partial charge in [-0.15, -0.1) is 11.8 Å². The van der Waals surface area contributed by atoms with Crippen LogP contribution >= 0.6 is 23.5 Å². The molecule has 0 spiro atoms. The fraction of sp³-hybridized carbons (Fsp3) is 0.292. The van der Waals surface area contributed by atoms with Crippen LogP contribution in [-0.2, 0) is 11.2 Å². The first-order chi connectivity index (χ1) is 15.2. The number of pyridine rings is 1. The van der Waals surface area contributed by atoms with Crippen molar-refractivity contribution in [3.8, 4) is 0 Å². The van der Waals surface area contributed by atoms with Crippen molar-refractivity contribution >= 4 is 40.3 Å². The first-order valence-electron chi connectivity index (χ1n) is 10.5. The molecule has 7 heteroatoms. The van der Waals surface area contributed by atoms with Crippen molar-refractivity contribution in [2.75, 3.05) is 12.3 Å². The fourth-order valence-corrected chi connectivity index (χ4v) is 5.40. The molecule has 5 nitrogen and oxygen atoms in total. The van der Waals surface area contributed by atoms with Gasteiger partial charge in [-0.3, -0.25) is 18.9 Å². The van der Waals surface area contributed by atoms with E-state index < -0.39 is 0 Å². The van der Waals surface area contributed by atoms with Crippen molar-refractivity contribution in [2.24, 2.45) is 0 Å². The van der Waals surface area contributed by atoms with Gasteiger partial charge in [0, 0.05) is 18.9 Å². The maximum Gasteiger partial charge on any atom is 0.293 e. The largest absolute Gasteiger partial charge is 0.294 e. The van der Waals surface area contributed by atoms with E-state index in [0.29, 0.717) is 11.4 Å². The van der Waals surface area contributed by atoms with E-state index in [2.05, 4.69) is 27.6 Å². The minimum atomic E-state index is -0.143. The smallest absolute Gasteiger partial charge is 0.293 e. The molecule has 1 aliphatic rings. The van der Waals surface area contributed by atoms with Crippen LogP contribution in [0, 0.1) is 0 Å². The number of allylic oxidation sites excluding steroid dienone is 1. The number of carbonyl (C=O) groups excluding carboxylic acids is 2. The van der Waals surface area contributed by atoms with Crippen LogP contribution in [0.25, 0.3) is 5.65 Å². The lowest BCUT2D eigenvalue weighted by molar-refractivity contribution is -0.122. The van der Waals surface area contributed by atoms with Gasteiger partial charge in [-0.05, 0) is 67.3 Å². The summed E-state index contributed by atoms with van der Waals surface area (Å²) in [7, 11) is 0. The highest BCUT2D eigenvalue weighted by Gasteiger charge is 2.34. The summed E-state index contributed by atoms with van der Waals surface area (Å²) in [5.41, 5.74) is 2.24. The Balaban J connectivity index is 1.19. The summed E-state index contributed by atoms with van der Waals surface area (Å²) in [6.45, 7) is 0.488. The van der Waals surface area contributed by atoms with Crippen LogP contribution in [-0.4, -0.2) is 37.7 Å². The highest BCUT2D eigenvalue weighted by molar-refractivity contribution is 8.18. The van der Waals surface area contributed by atoms with Gasteiger partial charge >= 0.3 is 0 Å². The summed E-state index contributed by atoms with van der Waals surface area (Å²) < 4.78 is 2.07. The van der Waals surface area contributed by atoms with E-state index in [1.165, 1.54) is 10.5 Å². The predicted octanol–water partition coefficient (Wildman–Crippen LogP) is 5.81. The number of aryl methyl sites for hydroxylation is 1. The molecule has 3 heterocycles. The Bertz CT molecular complexity index is 1080. The molecule has 31 heavy (non-hydrogen) atoms. The molecule has 0 aliphatic carbocycles. The van der Waals surface area contributed by atoms with Crippen LogP contribution in [0.1, 0.15) is 31.2 Å². The Morgan fingerprint density at radius 3 is 2.74 bits per heavy atom. The molecule has 1 aliphatic heterocycles. The predicted molar refractivity (Wildman–Crippen MR) is 127 cm³/mol. The summed E-state index contributed by atoms with van der Waals surface area (Å²) in [6, 6.07) is 16.4. The van der Waals surface area contributed by atoms with Crippen LogP contribution in [0.15, 0.2) is 76.9 Å². The number of rotatable bonds is 10. The minimum Gasteiger partial charge on any atom is -0.294 e. The van der Waals surface area contributed by atoms with E-state index in [1.54, 1.807) is 18.0 Å². The van der Waals surface area contributed by atoms with E-state index in [9.17, 15) is 9.59 Å². The summed E-state index contributed by atoms with van der Waals surface area (Å²) in [5.74, 6) is 0.800.